The molecule has 12 heavy (non-hydrogen) atoms. The van der Waals surface area contributed by atoms with Crippen LogP contribution < -0.4 is 0 Å². The van der Waals surface area contributed by atoms with Crippen molar-refractivity contribution in [1.82, 2.24) is 4.98 Å². The molecule has 0 aromatic carbocycles. The highest BCUT2D eigenvalue weighted by Crippen LogP contribution is 2.08. The minimum atomic E-state index is -0.104. The van der Waals surface area contributed by atoms with Crippen molar-refractivity contribution in [2.45, 2.75) is 33.2 Å². The van der Waals surface area contributed by atoms with Gasteiger partial charge in [0.2, 0.25) is 0 Å². The summed E-state index contributed by atoms with van der Waals surface area (Å²) in [6, 6.07) is 0. The predicted octanol–water partition coefficient (Wildman–Crippen LogP) is 1.09. The molecule has 0 radical (unpaired) electrons. The Hall–Kier alpha value is -0.870. The Labute approximate surface area is 71.2 Å². The molecule has 4 nitrogen and oxygen atoms in total. The molecule has 0 aliphatic rings. The second-order valence-corrected chi connectivity index (χ2v) is 2.74. The number of nitrogens with zero attached hydrogens (tertiary/aromatic N) is 1. The van der Waals surface area contributed by atoms with Crippen LogP contribution in [-0.4, -0.2) is 16.2 Å². The molecule has 0 amide bonds. The van der Waals surface area contributed by atoms with E-state index < -0.39 is 0 Å². The summed E-state index contributed by atoms with van der Waals surface area (Å²) in [5, 5.41) is 8.79. The highest BCUT2D eigenvalue weighted by Gasteiger charge is 2.07. The van der Waals surface area contributed by atoms with Crippen LogP contribution in [0.1, 0.15) is 25.3 Å². The number of aliphatic hydroxyl groups is 1. The average Bonchev–Trinajstić information content (AvgIpc) is 2.47. The van der Waals surface area contributed by atoms with Gasteiger partial charge in [0, 0.05) is 0 Å². The lowest BCUT2D eigenvalue weighted by Crippen LogP contribution is -2.03. The number of hydrogen-bond donors (Lipinski definition) is 1. The molecule has 4 heteroatoms. The standard InChI is InChI=1S/C8H13NO3/c1-6(2)11-4-8-7(3-10)9-5-12-8/h5-6,10H,3-4H2,1-2H3. The summed E-state index contributed by atoms with van der Waals surface area (Å²) < 4.78 is 10.3. The Morgan fingerprint density at radius 1 is 1.67 bits per heavy atom. The molecule has 0 spiro atoms. The first kappa shape index (κ1) is 9.22. The molecular formula is C8H13NO3. The number of hydrogen-bond acceptors (Lipinski definition) is 4. The molecule has 1 aromatic rings. The average molecular weight is 171 g/mol. The smallest absolute Gasteiger partial charge is 0.181 e. The Kier molecular flexibility index (Phi) is 3.25. The van der Waals surface area contributed by atoms with Gasteiger partial charge in [-0.05, 0) is 13.8 Å². The molecular weight excluding hydrogens is 158 g/mol. The van der Waals surface area contributed by atoms with Crippen LogP contribution in [0.4, 0.5) is 0 Å². The minimum absolute atomic E-state index is 0.104. The summed E-state index contributed by atoms with van der Waals surface area (Å²) in [6.07, 6.45) is 1.46. The molecule has 1 heterocycles. The van der Waals surface area contributed by atoms with E-state index in [0.717, 1.165) is 0 Å². The van der Waals surface area contributed by atoms with Gasteiger partial charge in [0.25, 0.3) is 0 Å². The van der Waals surface area contributed by atoms with E-state index in [0.29, 0.717) is 18.1 Å². The van der Waals surface area contributed by atoms with E-state index in [9.17, 15) is 0 Å². The monoisotopic (exact) mass is 171 g/mol. The summed E-state index contributed by atoms with van der Waals surface area (Å²) in [7, 11) is 0. The van der Waals surface area contributed by atoms with Gasteiger partial charge in [0.15, 0.2) is 12.2 Å². The number of rotatable bonds is 4. The molecule has 0 saturated carbocycles. The van der Waals surface area contributed by atoms with Gasteiger partial charge in [-0.1, -0.05) is 0 Å². The third kappa shape index (κ3) is 2.32. The fourth-order valence-corrected chi connectivity index (χ4v) is 0.782. The van der Waals surface area contributed by atoms with E-state index >= 15 is 0 Å². The van der Waals surface area contributed by atoms with Crippen molar-refractivity contribution in [3.63, 3.8) is 0 Å². The van der Waals surface area contributed by atoms with Gasteiger partial charge in [0.1, 0.15) is 12.3 Å². The molecule has 1 N–H and O–H groups in total. The van der Waals surface area contributed by atoms with E-state index in [2.05, 4.69) is 4.98 Å². The molecule has 68 valence electrons. The highest BCUT2D eigenvalue weighted by atomic mass is 16.5. The second kappa shape index (κ2) is 4.23. The van der Waals surface area contributed by atoms with Crippen molar-refractivity contribution in [3.8, 4) is 0 Å². The van der Waals surface area contributed by atoms with Gasteiger partial charge in [-0.25, -0.2) is 4.98 Å². The Morgan fingerprint density at radius 3 is 3.00 bits per heavy atom. The highest BCUT2D eigenvalue weighted by molar-refractivity contribution is 5.04. The van der Waals surface area contributed by atoms with Gasteiger partial charge < -0.3 is 14.3 Å². The number of oxazole rings is 1. The van der Waals surface area contributed by atoms with Crippen molar-refractivity contribution in [1.29, 1.82) is 0 Å². The summed E-state index contributed by atoms with van der Waals surface area (Å²) >= 11 is 0. The van der Waals surface area contributed by atoms with Gasteiger partial charge in [0.05, 0.1) is 12.7 Å². The zero-order valence-electron chi connectivity index (χ0n) is 7.28. The molecule has 0 bridgehead atoms. The lowest BCUT2D eigenvalue weighted by atomic mass is 10.3. The largest absolute Gasteiger partial charge is 0.446 e. The van der Waals surface area contributed by atoms with Crippen molar-refractivity contribution in [2.24, 2.45) is 0 Å². The van der Waals surface area contributed by atoms with Crippen LogP contribution in [0.5, 0.6) is 0 Å². The summed E-state index contributed by atoms with van der Waals surface area (Å²) in [6.45, 7) is 4.14. The molecule has 0 fully saturated rings. The maximum absolute atomic E-state index is 8.79. The van der Waals surface area contributed by atoms with E-state index in [1.165, 1.54) is 6.39 Å². The van der Waals surface area contributed by atoms with Crippen LogP contribution >= 0.6 is 0 Å². The first-order chi connectivity index (χ1) is 5.74. The fourth-order valence-electron chi connectivity index (χ4n) is 0.782. The normalized spacial score (nSPS) is 11.0. The summed E-state index contributed by atoms with van der Waals surface area (Å²) in [5.41, 5.74) is 0.552. The molecule has 0 aliphatic carbocycles. The van der Waals surface area contributed by atoms with Crippen molar-refractivity contribution >= 4 is 0 Å². The van der Waals surface area contributed by atoms with Gasteiger partial charge in [-0.3, -0.25) is 0 Å². The van der Waals surface area contributed by atoms with Crippen LogP contribution in [-0.2, 0) is 18.0 Å². The zero-order valence-corrected chi connectivity index (χ0v) is 7.28. The van der Waals surface area contributed by atoms with Gasteiger partial charge in [-0.15, -0.1) is 0 Å². The number of aromatic nitrogens is 1. The summed E-state index contributed by atoms with van der Waals surface area (Å²) in [5.74, 6) is 0.603. The lowest BCUT2D eigenvalue weighted by molar-refractivity contribution is 0.0531. The lowest BCUT2D eigenvalue weighted by Gasteiger charge is -2.04. The third-order valence-corrected chi connectivity index (χ3v) is 1.42. The molecule has 1 rings (SSSR count). The molecule has 0 saturated heterocycles. The minimum Gasteiger partial charge on any atom is -0.446 e. The van der Waals surface area contributed by atoms with Crippen molar-refractivity contribution in [2.75, 3.05) is 0 Å². The maximum Gasteiger partial charge on any atom is 0.181 e. The second-order valence-electron chi connectivity index (χ2n) is 2.74. The SMILES string of the molecule is CC(C)OCc1ocnc1CO. The van der Waals surface area contributed by atoms with E-state index in [4.69, 9.17) is 14.3 Å². The topological polar surface area (TPSA) is 55.5 Å². The van der Waals surface area contributed by atoms with Crippen LogP contribution in [0.25, 0.3) is 0 Å². The summed E-state index contributed by atoms with van der Waals surface area (Å²) in [4.78, 5) is 3.82. The maximum atomic E-state index is 8.79. The fraction of sp³-hybridized carbons (Fsp3) is 0.625. The Bertz CT molecular complexity index is 232. The van der Waals surface area contributed by atoms with Crippen molar-refractivity contribution in [3.05, 3.63) is 17.8 Å². The van der Waals surface area contributed by atoms with Crippen LogP contribution in [0.2, 0.25) is 0 Å². The van der Waals surface area contributed by atoms with Crippen LogP contribution in [0.15, 0.2) is 10.8 Å². The zero-order chi connectivity index (χ0) is 8.97. The third-order valence-electron chi connectivity index (χ3n) is 1.42. The Morgan fingerprint density at radius 2 is 2.42 bits per heavy atom. The van der Waals surface area contributed by atoms with Gasteiger partial charge in [-0.2, -0.15) is 0 Å². The van der Waals surface area contributed by atoms with E-state index in [1.54, 1.807) is 0 Å². The van der Waals surface area contributed by atoms with Crippen molar-refractivity contribution < 1.29 is 14.3 Å². The molecule has 0 unspecified atom stereocenters. The van der Waals surface area contributed by atoms with Crippen LogP contribution in [0.3, 0.4) is 0 Å². The van der Waals surface area contributed by atoms with E-state index in [1.807, 2.05) is 13.8 Å². The quantitative estimate of drug-likeness (QED) is 0.736. The predicted molar refractivity (Wildman–Crippen MR) is 42.4 cm³/mol. The van der Waals surface area contributed by atoms with Gasteiger partial charge >= 0.3 is 0 Å². The molecule has 0 atom stereocenters. The van der Waals surface area contributed by atoms with Crippen LogP contribution in [0, 0.1) is 0 Å². The van der Waals surface area contributed by atoms with E-state index in [-0.39, 0.29) is 12.7 Å². The molecule has 0 aliphatic heterocycles. The molecule has 1 aromatic heterocycles. The number of ether oxygens (including phenoxy) is 1. The Balaban J connectivity index is 2.50. The number of aliphatic hydroxyl groups excluding tert-OH is 1. The first-order valence-electron chi connectivity index (χ1n) is 3.87. The first-order valence-corrected chi connectivity index (χ1v) is 3.87.